The van der Waals surface area contributed by atoms with E-state index in [1.165, 1.54) is 4.90 Å². The summed E-state index contributed by atoms with van der Waals surface area (Å²) in [5.41, 5.74) is 0. The number of nitrogens with one attached hydrogen (secondary N) is 1. The van der Waals surface area contributed by atoms with Crippen molar-refractivity contribution in [2.24, 2.45) is 0 Å². The van der Waals surface area contributed by atoms with E-state index in [0.29, 0.717) is 43.2 Å². The predicted octanol–water partition coefficient (Wildman–Crippen LogP) is 1.77. The van der Waals surface area contributed by atoms with Crippen molar-refractivity contribution in [1.82, 2.24) is 10.2 Å². The zero-order valence-corrected chi connectivity index (χ0v) is 16.7. The van der Waals surface area contributed by atoms with Gasteiger partial charge in [0.05, 0.1) is 6.54 Å². The molecule has 2 rings (SSSR count). The lowest BCUT2D eigenvalue weighted by atomic mass is 9.95. The van der Waals surface area contributed by atoms with Crippen molar-refractivity contribution >= 4 is 39.8 Å². The minimum atomic E-state index is -3.50. The average molecular weight is 411 g/mol. The van der Waals surface area contributed by atoms with E-state index in [4.69, 9.17) is 16.3 Å². The first-order valence-corrected chi connectivity index (χ1v) is 10.1. The number of carbonyl (C=O) groups is 1. The van der Waals surface area contributed by atoms with Crippen molar-refractivity contribution in [3.05, 3.63) is 29.3 Å². The molecule has 0 bridgehead atoms. The van der Waals surface area contributed by atoms with E-state index >= 15 is 0 Å². The van der Waals surface area contributed by atoms with E-state index in [0.717, 1.165) is 6.26 Å². The highest BCUT2D eigenvalue weighted by atomic mass is 35.5. The van der Waals surface area contributed by atoms with Gasteiger partial charge in [0, 0.05) is 18.3 Å². The van der Waals surface area contributed by atoms with Crippen molar-refractivity contribution in [3.63, 3.8) is 0 Å². The maximum atomic E-state index is 12.8. The Balaban J connectivity index is 0.00000312. The summed E-state index contributed by atoms with van der Waals surface area (Å²) in [6, 6.07) is 6.99. The second-order valence-electron chi connectivity index (χ2n) is 6.05. The van der Waals surface area contributed by atoms with E-state index in [1.807, 2.05) is 0 Å². The Labute approximate surface area is 160 Å². The van der Waals surface area contributed by atoms with Crippen LogP contribution in [0.25, 0.3) is 0 Å². The Kier molecular flexibility index (Phi) is 7.99. The number of nitrogens with zero attached hydrogens (tertiary/aromatic N) is 1. The number of likely N-dealkylation sites (N-methyl/N-ethyl adjacent to an activating group) is 1. The zero-order valence-electron chi connectivity index (χ0n) is 14.3. The normalized spacial score (nSPS) is 16.6. The standard InChI is InChI=1S/C16H23ClN2O4S.ClH/c1-19(10-11-23-14-5-3-4-13(17)12-14)15(20)16(24(2,21)22)6-8-18-9-7-16;/h3-5,12,18H,6-11H2,1-2H3;1H. The maximum Gasteiger partial charge on any atom is 0.243 e. The molecule has 1 heterocycles. The molecule has 1 aromatic carbocycles. The van der Waals surface area contributed by atoms with E-state index in [2.05, 4.69) is 5.32 Å². The van der Waals surface area contributed by atoms with Gasteiger partial charge < -0.3 is 15.0 Å². The molecule has 1 amide bonds. The summed E-state index contributed by atoms with van der Waals surface area (Å²) in [7, 11) is -1.89. The molecule has 25 heavy (non-hydrogen) atoms. The van der Waals surface area contributed by atoms with Crippen molar-refractivity contribution in [2.45, 2.75) is 17.6 Å². The number of hydrogen-bond acceptors (Lipinski definition) is 5. The van der Waals surface area contributed by atoms with Crippen molar-refractivity contribution in [1.29, 1.82) is 0 Å². The summed E-state index contributed by atoms with van der Waals surface area (Å²) in [5.74, 6) is 0.254. The molecule has 0 saturated carbocycles. The predicted molar refractivity (Wildman–Crippen MR) is 102 cm³/mol. The first-order valence-electron chi connectivity index (χ1n) is 7.80. The van der Waals surface area contributed by atoms with E-state index in [9.17, 15) is 13.2 Å². The fourth-order valence-corrected chi connectivity index (χ4v) is 4.48. The van der Waals surface area contributed by atoms with Crippen molar-refractivity contribution < 1.29 is 17.9 Å². The number of amides is 1. The van der Waals surface area contributed by atoms with Crippen LogP contribution in [0, 0.1) is 0 Å². The first kappa shape index (κ1) is 22.0. The molecule has 1 fully saturated rings. The molecule has 0 aliphatic carbocycles. The molecule has 6 nitrogen and oxygen atoms in total. The summed E-state index contributed by atoms with van der Waals surface area (Å²) in [6.45, 7) is 1.61. The molecule has 1 aliphatic rings. The van der Waals surface area contributed by atoms with Crippen LogP contribution in [-0.2, 0) is 14.6 Å². The van der Waals surface area contributed by atoms with Crippen LogP contribution >= 0.6 is 24.0 Å². The molecule has 1 aliphatic heterocycles. The second kappa shape index (κ2) is 9.07. The lowest BCUT2D eigenvalue weighted by Gasteiger charge is -2.37. The fraction of sp³-hybridized carbons (Fsp3) is 0.562. The van der Waals surface area contributed by atoms with Crippen molar-refractivity contribution in [2.75, 3.05) is 39.5 Å². The molecule has 142 valence electrons. The summed E-state index contributed by atoms with van der Waals surface area (Å²) < 4.78 is 28.8. The maximum absolute atomic E-state index is 12.8. The number of ether oxygens (including phenoxy) is 1. The van der Waals surface area contributed by atoms with Gasteiger partial charge in [0.1, 0.15) is 12.4 Å². The number of piperidine rings is 1. The molecule has 0 unspecified atom stereocenters. The van der Waals surface area contributed by atoms with Crippen LogP contribution in [0.5, 0.6) is 5.75 Å². The van der Waals surface area contributed by atoms with Gasteiger partial charge in [-0.25, -0.2) is 8.42 Å². The van der Waals surface area contributed by atoms with Gasteiger partial charge in [-0.15, -0.1) is 12.4 Å². The molecule has 9 heteroatoms. The van der Waals surface area contributed by atoms with Gasteiger partial charge in [0.2, 0.25) is 5.91 Å². The summed E-state index contributed by atoms with van der Waals surface area (Å²) in [5, 5.41) is 3.67. The highest BCUT2D eigenvalue weighted by Crippen LogP contribution is 2.29. The van der Waals surface area contributed by atoms with Crippen LogP contribution in [0.4, 0.5) is 0 Å². The molecule has 1 saturated heterocycles. The molecule has 0 atom stereocenters. The molecular weight excluding hydrogens is 387 g/mol. The smallest absolute Gasteiger partial charge is 0.243 e. The number of hydrogen-bond donors (Lipinski definition) is 1. The van der Waals surface area contributed by atoms with E-state index in [-0.39, 0.29) is 24.9 Å². The van der Waals surface area contributed by atoms with Gasteiger partial charge in [-0.3, -0.25) is 4.79 Å². The quantitative estimate of drug-likeness (QED) is 0.772. The van der Waals surface area contributed by atoms with Gasteiger partial charge in [-0.2, -0.15) is 0 Å². The summed E-state index contributed by atoms with van der Waals surface area (Å²) in [4.78, 5) is 14.2. The fourth-order valence-electron chi connectivity index (χ4n) is 2.88. The lowest BCUT2D eigenvalue weighted by Crippen LogP contribution is -2.57. The number of carbonyl (C=O) groups excluding carboxylic acids is 1. The topological polar surface area (TPSA) is 75.7 Å². The van der Waals surface area contributed by atoms with Gasteiger partial charge in [-0.1, -0.05) is 17.7 Å². The van der Waals surface area contributed by atoms with Crippen LogP contribution in [0.15, 0.2) is 24.3 Å². The van der Waals surface area contributed by atoms with Crippen LogP contribution in [0.1, 0.15) is 12.8 Å². The molecule has 0 aromatic heterocycles. The van der Waals surface area contributed by atoms with Gasteiger partial charge in [-0.05, 0) is 44.1 Å². The highest BCUT2D eigenvalue weighted by Gasteiger charge is 2.49. The van der Waals surface area contributed by atoms with E-state index < -0.39 is 14.6 Å². The SMILES string of the molecule is CN(CCOc1cccc(Cl)c1)C(=O)C1(S(C)(=O)=O)CCNCC1.Cl. The molecular formula is C16H24Cl2N2O4S. The number of halogens is 2. The first-order chi connectivity index (χ1) is 11.3. The largest absolute Gasteiger partial charge is 0.492 e. The monoisotopic (exact) mass is 410 g/mol. The molecule has 1 N–H and O–H groups in total. The van der Waals surface area contributed by atoms with Crippen LogP contribution in [0.3, 0.4) is 0 Å². The highest BCUT2D eigenvalue weighted by molar-refractivity contribution is 7.92. The third-order valence-electron chi connectivity index (χ3n) is 4.35. The Morgan fingerprint density at radius 3 is 2.56 bits per heavy atom. The Morgan fingerprint density at radius 1 is 1.36 bits per heavy atom. The van der Waals surface area contributed by atoms with Gasteiger partial charge in [0.25, 0.3) is 0 Å². The van der Waals surface area contributed by atoms with E-state index in [1.54, 1.807) is 31.3 Å². The minimum absolute atomic E-state index is 0. The molecule has 1 aromatic rings. The minimum Gasteiger partial charge on any atom is -0.492 e. The lowest BCUT2D eigenvalue weighted by molar-refractivity contribution is -0.133. The molecule has 0 radical (unpaired) electrons. The van der Waals surface area contributed by atoms with Crippen molar-refractivity contribution in [3.8, 4) is 5.75 Å². The third-order valence-corrected chi connectivity index (χ3v) is 6.59. The third kappa shape index (κ3) is 5.23. The number of benzene rings is 1. The van der Waals surface area contributed by atoms with Gasteiger partial charge >= 0.3 is 0 Å². The van der Waals surface area contributed by atoms with Crippen LogP contribution in [0.2, 0.25) is 5.02 Å². The zero-order chi connectivity index (χ0) is 17.8. The average Bonchev–Trinajstić information content (AvgIpc) is 2.53. The Morgan fingerprint density at radius 2 is 2.00 bits per heavy atom. The molecule has 0 spiro atoms. The number of rotatable bonds is 6. The van der Waals surface area contributed by atoms with Crippen LogP contribution < -0.4 is 10.1 Å². The summed E-state index contributed by atoms with van der Waals surface area (Å²) >= 11 is 5.89. The van der Waals surface area contributed by atoms with Gasteiger partial charge in [0.15, 0.2) is 14.6 Å². The second-order valence-corrected chi connectivity index (χ2v) is 8.81. The Bertz CT molecular complexity index is 691. The Hall–Kier alpha value is -1.02. The number of sulfone groups is 1. The summed E-state index contributed by atoms with van der Waals surface area (Å²) in [6.07, 6.45) is 1.74. The van der Waals surface area contributed by atoms with Crippen LogP contribution in [-0.4, -0.2) is 63.5 Å².